The minimum absolute atomic E-state index is 0.0258. The Morgan fingerprint density at radius 1 is 1.09 bits per heavy atom. The van der Waals surface area contributed by atoms with E-state index >= 15 is 0 Å². The Bertz CT molecular complexity index is 785. The SMILES string of the molecule is C[C@H](NC(=O)c1ccccc1F)c1ccc(S(C)(=O)=O)cc1. The molecule has 0 aliphatic rings. The lowest BCUT2D eigenvalue weighted by Gasteiger charge is -2.15. The molecule has 0 saturated heterocycles. The quantitative estimate of drug-likeness (QED) is 0.942. The number of carbonyl (C=O) groups excluding carboxylic acids is 1. The highest BCUT2D eigenvalue weighted by atomic mass is 32.2. The lowest BCUT2D eigenvalue weighted by atomic mass is 10.1. The Morgan fingerprint density at radius 2 is 1.68 bits per heavy atom. The topological polar surface area (TPSA) is 63.2 Å². The molecule has 0 fully saturated rings. The molecule has 0 saturated carbocycles. The van der Waals surface area contributed by atoms with Gasteiger partial charge in [-0.3, -0.25) is 4.79 Å². The van der Waals surface area contributed by atoms with Crippen LogP contribution in [-0.2, 0) is 9.84 Å². The average Bonchev–Trinajstić information content (AvgIpc) is 2.46. The van der Waals surface area contributed by atoms with Crippen LogP contribution in [0.3, 0.4) is 0 Å². The molecular formula is C16H16FNO3S. The summed E-state index contributed by atoms with van der Waals surface area (Å²) in [6.45, 7) is 1.74. The minimum atomic E-state index is -3.25. The smallest absolute Gasteiger partial charge is 0.254 e. The summed E-state index contributed by atoms with van der Waals surface area (Å²) in [6.07, 6.45) is 1.13. The summed E-state index contributed by atoms with van der Waals surface area (Å²) in [6, 6.07) is 11.6. The first-order valence-electron chi connectivity index (χ1n) is 6.64. The third-order valence-electron chi connectivity index (χ3n) is 3.27. The molecule has 1 N–H and O–H groups in total. The van der Waals surface area contributed by atoms with Crippen molar-refractivity contribution in [2.45, 2.75) is 17.9 Å². The third-order valence-corrected chi connectivity index (χ3v) is 4.40. The maximum atomic E-state index is 13.5. The summed E-state index contributed by atoms with van der Waals surface area (Å²) < 4.78 is 36.4. The summed E-state index contributed by atoms with van der Waals surface area (Å²) in [7, 11) is -3.25. The molecule has 1 atom stereocenters. The Kier molecular flexibility index (Phi) is 4.61. The fourth-order valence-corrected chi connectivity index (χ4v) is 2.64. The lowest BCUT2D eigenvalue weighted by molar-refractivity contribution is 0.0936. The number of rotatable bonds is 4. The van der Waals surface area contributed by atoms with Crippen LogP contribution < -0.4 is 5.32 Å². The minimum Gasteiger partial charge on any atom is -0.345 e. The number of hydrogen-bond donors (Lipinski definition) is 1. The van der Waals surface area contributed by atoms with Gasteiger partial charge in [-0.2, -0.15) is 0 Å². The zero-order valence-corrected chi connectivity index (χ0v) is 13.0. The van der Waals surface area contributed by atoms with E-state index in [2.05, 4.69) is 5.32 Å². The van der Waals surface area contributed by atoms with Gasteiger partial charge in [-0.05, 0) is 36.8 Å². The van der Waals surface area contributed by atoms with E-state index in [9.17, 15) is 17.6 Å². The molecule has 1 amide bonds. The Labute approximate surface area is 128 Å². The van der Waals surface area contributed by atoms with Crippen LogP contribution >= 0.6 is 0 Å². The second-order valence-electron chi connectivity index (χ2n) is 5.02. The number of halogens is 1. The van der Waals surface area contributed by atoms with Gasteiger partial charge in [0.25, 0.3) is 5.91 Å². The first-order chi connectivity index (χ1) is 10.3. The molecule has 22 heavy (non-hydrogen) atoms. The molecule has 6 heteroatoms. The number of carbonyl (C=O) groups is 1. The van der Waals surface area contributed by atoms with Gasteiger partial charge >= 0.3 is 0 Å². The van der Waals surface area contributed by atoms with Crippen LogP contribution in [0.4, 0.5) is 4.39 Å². The van der Waals surface area contributed by atoms with Crippen molar-refractivity contribution in [1.29, 1.82) is 0 Å². The highest BCUT2D eigenvalue weighted by Gasteiger charge is 2.15. The van der Waals surface area contributed by atoms with Gasteiger partial charge in [0.2, 0.25) is 0 Å². The van der Waals surface area contributed by atoms with Crippen LogP contribution in [0.25, 0.3) is 0 Å². The van der Waals surface area contributed by atoms with Gasteiger partial charge in [0.15, 0.2) is 9.84 Å². The van der Waals surface area contributed by atoms with E-state index in [0.29, 0.717) is 0 Å². The molecule has 0 aliphatic heterocycles. The van der Waals surface area contributed by atoms with Crippen molar-refractivity contribution in [3.8, 4) is 0 Å². The summed E-state index contributed by atoms with van der Waals surface area (Å²) >= 11 is 0. The first-order valence-corrected chi connectivity index (χ1v) is 8.53. The molecule has 0 unspecified atom stereocenters. The molecular weight excluding hydrogens is 305 g/mol. The monoisotopic (exact) mass is 321 g/mol. The van der Waals surface area contributed by atoms with Crippen LogP contribution in [-0.4, -0.2) is 20.6 Å². The van der Waals surface area contributed by atoms with E-state index in [1.54, 1.807) is 25.1 Å². The van der Waals surface area contributed by atoms with E-state index in [4.69, 9.17) is 0 Å². The maximum Gasteiger partial charge on any atom is 0.254 e. The predicted molar refractivity (Wildman–Crippen MR) is 81.8 cm³/mol. The molecule has 0 heterocycles. The van der Waals surface area contributed by atoms with Crippen molar-refractivity contribution >= 4 is 15.7 Å². The zero-order valence-electron chi connectivity index (χ0n) is 12.2. The normalized spacial score (nSPS) is 12.7. The number of benzene rings is 2. The van der Waals surface area contributed by atoms with Crippen LogP contribution in [0, 0.1) is 5.82 Å². The fraction of sp³-hybridized carbons (Fsp3) is 0.188. The fourth-order valence-electron chi connectivity index (χ4n) is 2.01. The molecule has 116 valence electrons. The summed E-state index contributed by atoms with van der Waals surface area (Å²) in [5, 5.41) is 2.68. The molecule has 0 bridgehead atoms. The highest BCUT2D eigenvalue weighted by Crippen LogP contribution is 2.17. The van der Waals surface area contributed by atoms with Crippen molar-refractivity contribution in [2.75, 3.05) is 6.26 Å². The summed E-state index contributed by atoms with van der Waals surface area (Å²) in [5.74, 6) is -1.10. The van der Waals surface area contributed by atoms with Gasteiger partial charge in [-0.15, -0.1) is 0 Å². The van der Waals surface area contributed by atoms with Gasteiger partial charge in [-0.25, -0.2) is 12.8 Å². The van der Waals surface area contributed by atoms with Crippen molar-refractivity contribution in [3.05, 3.63) is 65.5 Å². The van der Waals surface area contributed by atoms with Gasteiger partial charge < -0.3 is 5.32 Å². The van der Waals surface area contributed by atoms with E-state index in [1.165, 1.54) is 30.3 Å². The number of hydrogen-bond acceptors (Lipinski definition) is 3. The Hall–Kier alpha value is -2.21. The van der Waals surface area contributed by atoms with Crippen LogP contribution in [0.15, 0.2) is 53.4 Å². The van der Waals surface area contributed by atoms with Crippen LogP contribution in [0.1, 0.15) is 28.9 Å². The van der Waals surface area contributed by atoms with Crippen LogP contribution in [0.2, 0.25) is 0 Å². The van der Waals surface area contributed by atoms with E-state index in [-0.39, 0.29) is 16.5 Å². The van der Waals surface area contributed by atoms with Gasteiger partial charge in [0.05, 0.1) is 16.5 Å². The number of sulfone groups is 1. The lowest BCUT2D eigenvalue weighted by Crippen LogP contribution is -2.27. The van der Waals surface area contributed by atoms with Gasteiger partial charge in [-0.1, -0.05) is 24.3 Å². The number of amides is 1. The molecule has 0 spiro atoms. The third kappa shape index (κ3) is 3.71. The molecule has 4 nitrogen and oxygen atoms in total. The van der Waals surface area contributed by atoms with Crippen molar-refractivity contribution in [3.63, 3.8) is 0 Å². The van der Waals surface area contributed by atoms with Gasteiger partial charge in [0.1, 0.15) is 5.82 Å². The molecule has 2 aromatic rings. The maximum absolute atomic E-state index is 13.5. The van der Waals surface area contributed by atoms with Crippen molar-refractivity contribution in [2.24, 2.45) is 0 Å². The van der Waals surface area contributed by atoms with E-state index in [0.717, 1.165) is 11.8 Å². The molecule has 2 aromatic carbocycles. The highest BCUT2D eigenvalue weighted by molar-refractivity contribution is 7.90. The summed E-state index contributed by atoms with van der Waals surface area (Å²) in [5.41, 5.74) is 0.708. The Morgan fingerprint density at radius 3 is 2.23 bits per heavy atom. The zero-order chi connectivity index (χ0) is 16.3. The number of nitrogens with one attached hydrogen (secondary N) is 1. The predicted octanol–water partition coefficient (Wildman–Crippen LogP) is 2.72. The van der Waals surface area contributed by atoms with E-state index in [1.807, 2.05) is 0 Å². The molecule has 0 aromatic heterocycles. The van der Waals surface area contributed by atoms with Crippen molar-refractivity contribution in [1.82, 2.24) is 5.32 Å². The largest absolute Gasteiger partial charge is 0.345 e. The Balaban J connectivity index is 2.14. The molecule has 0 radical (unpaired) electrons. The van der Waals surface area contributed by atoms with Crippen molar-refractivity contribution < 1.29 is 17.6 Å². The van der Waals surface area contributed by atoms with Gasteiger partial charge in [0, 0.05) is 6.26 Å². The average molecular weight is 321 g/mol. The first kappa shape index (κ1) is 16.2. The van der Waals surface area contributed by atoms with Crippen LogP contribution in [0.5, 0.6) is 0 Å². The second kappa shape index (κ2) is 6.27. The molecule has 0 aliphatic carbocycles. The summed E-state index contributed by atoms with van der Waals surface area (Å²) in [4.78, 5) is 12.2. The molecule has 2 rings (SSSR count). The standard InChI is InChI=1S/C16H16FNO3S/c1-11(12-7-9-13(10-8-12)22(2,20)21)18-16(19)14-5-3-4-6-15(14)17/h3-11H,1-2H3,(H,18,19)/t11-/m0/s1. The second-order valence-corrected chi connectivity index (χ2v) is 7.03. The van der Waals surface area contributed by atoms with E-state index < -0.39 is 21.6 Å².